The second-order valence-electron chi connectivity index (χ2n) is 4.54. The molecule has 1 aromatic carbocycles. The number of aryl methyl sites for hydroxylation is 2. The molecule has 0 aliphatic carbocycles. The zero-order valence-corrected chi connectivity index (χ0v) is 12.0. The Morgan fingerprint density at radius 1 is 1.35 bits per heavy atom. The number of ether oxygens (including phenoxy) is 1. The lowest BCUT2D eigenvalue weighted by molar-refractivity contribution is 0.0950. The summed E-state index contributed by atoms with van der Waals surface area (Å²) < 4.78 is 7.13. The second-order valence-corrected chi connectivity index (χ2v) is 4.54. The molecule has 0 spiro atoms. The molecule has 20 heavy (non-hydrogen) atoms. The van der Waals surface area contributed by atoms with E-state index in [-0.39, 0.29) is 5.91 Å². The Bertz CT molecular complexity index is 568. The number of carbonyl (C=O) groups is 1. The third kappa shape index (κ3) is 3.38. The number of amides is 1. The van der Waals surface area contributed by atoms with Crippen molar-refractivity contribution >= 4 is 5.91 Å². The zero-order chi connectivity index (χ0) is 14.5. The number of hydrogen-bond donors (Lipinski definition) is 1. The fourth-order valence-corrected chi connectivity index (χ4v) is 1.86. The van der Waals surface area contributed by atoms with Crippen molar-refractivity contribution in [2.75, 3.05) is 6.61 Å². The molecule has 0 fully saturated rings. The van der Waals surface area contributed by atoms with Crippen LogP contribution in [0.2, 0.25) is 0 Å². The van der Waals surface area contributed by atoms with Crippen LogP contribution in [0.1, 0.15) is 28.7 Å². The van der Waals surface area contributed by atoms with Gasteiger partial charge in [0.2, 0.25) is 0 Å². The first-order valence-electron chi connectivity index (χ1n) is 6.60. The minimum atomic E-state index is -0.114. The van der Waals surface area contributed by atoms with Crippen molar-refractivity contribution in [1.29, 1.82) is 0 Å². The molecule has 0 bridgehead atoms. The second kappa shape index (κ2) is 6.23. The van der Waals surface area contributed by atoms with E-state index >= 15 is 0 Å². The van der Waals surface area contributed by atoms with Crippen LogP contribution in [0.3, 0.4) is 0 Å². The summed E-state index contributed by atoms with van der Waals surface area (Å²) in [4.78, 5) is 12.0. The third-order valence-electron chi connectivity index (χ3n) is 3.02. The van der Waals surface area contributed by atoms with E-state index < -0.39 is 0 Å². The lowest BCUT2D eigenvalue weighted by Gasteiger charge is -2.05. The van der Waals surface area contributed by atoms with Gasteiger partial charge in [-0.3, -0.25) is 9.48 Å². The van der Waals surface area contributed by atoms with Crippen molar-refractivity contribution in [3.05, 3.63) is 47.3 Å². The Labute approximate surface area is 118 Å². The van der Waals surface area contributed by atoms with Crippen LogP contribution in [-0.2, 0) is 13.6 Å². The standard InChI is InChI=1S/C15H19N3O2/c1-4-20-14-7-5-12(6-8-14)15(19)16-10-13-9-11(2)18(3)17-13/h5-9H,4,10H2,1-3H3,(H,16,19). The Morgan fingerprint density at radius 3 is 2.60 bits per heavy atom. The third-order valence-corrected chi connectivity index (χ3v) is 3.02. The predicted octanol–water partition coefficient (Wildman–Crippen LogP) is 2.06. The van der Waals surface area contributed by atoms with Crippen LogP contribution in [0.5, 0.6) is 5.75 Å². The van der Waals surface area contributed by atoms with E-state index in [2.05, 4.69) is 10.4 Å². The largest absolute Gasteiger partial charge is 0.494 e. The molecule has 106 valence electrons. The molecular formula is C15H19N3O2. The van der Waals surface area contributed by atoms with Gasteiger partial charge in [-0.05, 0) is 44.2 Å². The highest BCUT2D eigenvalue weighted by Crippen LogP contribution is 2.12. The molecule has 2 rings (SSSR count). The van der Waals surface area contributed by atoms with Crippen molar-refractivity contribution in [3.63, 3.8) is 0 Å². The van der Waals surface area contributed by atoms with E-state index in [4.69, 9.17) is 4.74 Å². The summed E-state index contributed by atoms with van der Waals surface area (Å²) in [6.07, 6.45) is 0. The first-order chi connectivity index (χ1) is 9.60. The Balaban J connectivity index is 1.94. The molecule has 0 saturated heterocycles. The normalized spacial score (nSPS) is 10.3. The summed E-state index contributed by atoms with van der Waals surface area (Å²) in [5.74, 6) is 0.653. The van der Waals surface area contributed by atoms with E-state index in [9.17, 15) is 4.79 Å². The van der Waals surface area contributed by atoms with Crippen LogP contribution in [0, 0.1) is 6.92 Å². The van der Waals surface area contributed by atoms with E-state index in [0.29, 0.717) is 18.7 Å². The highest BCUT2D eigenvalue weighted by molar-refractivity contribution is 5.94. The topological polar surface area (TPSA) is 56.1 Å². The maximum atomic E-state index is 12.0. The van der Waals surface area contributed by atoms with Crippen LogP contribution >= 0.6 is 0 Å². The first kappa shape index (κ1) is 14.1. The van der Waals surface area contributed by atoms with Gasteiger partial charge >= 0.3 is 0 Å². The molecule has 5 nitrogen and oxygen atoms in total. The number of hydrogen-bond acceptors (Lipinski definition) is 3. The number of aromatic nitrogens is 2. The van der Waals surface area contributed by atoms with Gasteiger partial charge < -0.3 is 10.1 Å². The summed E-state index contributed by atoms with van der Waals surface area (Å²) >= 11 is 0. The average Bonchev–Trinajstić information content (AvgIpc) is 2.76. The van der Waals surface area contributed by atoms with Crippen molar-refractivity contribution in [2.24, 2.45) is 7.05 Å². The van der Waals surface area contributed by atoms with Gasteiger partial charge in [0.25, 0.3) is 5.91 Å². The highest BCUT2D eigenvalue weighted by Gasteiger charge is 2.07. The monoisotopic (exact) mass is 273 g/mol. The average molecular weight is 273 g/mol. The molecule has 0 unspecified atom stereocenters. The van der Waals surface area contributed by atoms with Crippen LogP contribution in [0.15, 0.2) is 30.3 Å². The summed E-state index contributed by atoms with van der Waals surface area (Å²) in [5, 5.41) is 7.15. The number of rotatable bonds is 5. The lowest BCUT2D eigenvalue weighted by atomic mass is 10.2. The maximum absolute atomic E-state index is 12.0. The van der Waals surface area contributed by atoms with Crippen LogP contribution in [0.25, 0.3) is 0 Å². The fraction of sp³-hybridized carbons (Fsp3) is 0.333. The minimum absolute atomic E-state index is 0.114. The molecule has 1 N–H and O–H groups in total. The molecular weight excluding hydrogens is 254 g/mol. The zero-order valence-electron chi connectivity index (χ0n) is 12.0. The van der Waals surface area contributed by atoms with E-state index in [0.717, 1.165) is 17.1 Å². The molecule has 1 aromatic heterocycles. The molecule has 0 aliphatic rings. The fourth-order valence-electron chi connectivity index (χ4n) is 1.86. The van der Waals surface area contributed by atoms with Crippen molar-refractivity contribution in [3.8, 4) is 5.75 Å². The van der Waals surface area contributed by atoms with E-state index in [1.807, 2.05) is 27.0 Å². The summed E-state index contributed by atoms with van der Waals surface area (Å²) in [5.41, 5.74) is 2.53. The maximum Gasteiger partial charge on any atom is 0.251 e. The van der Waals surface area contributed by atoms with Gasteiger partial charge in [0.1, 0.15) is 5.75 Å². The Hall–Kier alpha value is -2.30. The number of benzene rings is 1. The smallest absolute Gasteiger partial charge is 0.251 e. The van der Waals surface area contributed by atoms with Gasteiger partial charge in [0, 0.05) is 18.3 Å². The van der Waals surface area contributed by atoms with Crippen LogP contribution in [0.4, 0.5) is 0 Å². The molecule has 5 heteroatoms. The van der Waals surface area contributed by atoms with Gasteiger partial charge in [-0.25, -0.2) is 0 Å². The van der Waals surface area contributed by atoms with E-state index in [1.54, 1.807) is 28.9 Å². The summed E-state index contributed by atoms with van der Waals surface area (Å²) in [7, 11) is 1.88. The van der Waals surface area contributed by atoms with Gasteiger partial charge in [0.05, 0.1) is 18.8 Å². The minimum Gasteiger partial charge on any atom is -0.494 e. The van der Waals surface area contributed by atoms with Gasteiger partial charge in [0.15, 0.2) is 0 Å². The van der Waals surface area contributed by atoms with Crippen molar-refractivity contribution < 1.29 is 9.53 Å². The highest BCUT2D eigenvalue weighted by atomic mass is 16.5. The van der Waals surface area contributed by atoms with Gasteiger partial charge in [-0.15, -0.1) is 0 Å². The molecule has 0 saturated carbocycles. The van der Waals surface area contributed by atoms with Crippen LogP contribution < -0.4 is 10.1 Å². The predicted molar refractivity (Wildman–Crippen MR) is 76.7 cm³/mol. The summed E-state index contributed by atoms with van der Waals surface area (Å²) in [6.45, 7) is 4.94. The van der Waals surface area contributed by atoms with Gasteiger partial charge in [-0.1, -0.05) is 0 Å². The molecule has 1 amide bonds. The Kier molecular flexibility index (Phi) is 4.40. The SMILES string of the molecule is CCOc1ccc(C(=O)NCc2cc(C)n(C)n2)cc1. The lowest BCUT2D eigenvalue weighted by Crippen LogP contribution is -2.23. The van der Waals surface area contributed by atoms with E-state index in [1.165, 1.54) is 0 Å². The Morgan fingerprint density at radius 2 is 2.05 bits per heavy atom. The van der Waals surface area contributed by atoms with Crippen molar-refractivity contribution in [1.82, 2.24) is 15.1 Å². The first-order valence-corrected chi connectivity index (χ1v) is 6.60. The van der Waals surface area contributed by atoms with Crippen molar-refractivity contribution in [2.45, 2.75) is 20.4 Å². The quantitative estimate of drug-likeness (QED) is 0.907. The number of carbonyl (C=O) groups excluding carboxylic acids is 1. The number of nitrogens with zero attached hydrogens (tertiary/aromatic N) is 2. The summed E-state index contributed by atoms with van der Waals surface area (Å²) in [6, 6.07) is 9.05. The van der Waals surface area contributed by atoms with Gasteiger partial charge in [-0.2, -0.15) is 5.10 Å². The van der Waals surface area contributed by atoms with Crippen LogP contribution in [-0.4, -0.2) is 22.3 Å². The molecule has 0 radical (unpaired) electrons. The molecule has 2 aromatic rings. The molecule has 0 aliphatic heterocycles. The molecule has 0 atom stereocenters. The molecule has 1 heterocycles. The number of nitrogens with one attached hydrogen (secondary N) is 1.